The van der Waals surface area contributed by atoms with Gasteiger partial charge in [0.05, 0.1) is 5.52 Å². The molecule has 1 heterocycles. The van der Waals surface area contributed by atoms with Crippen molar-refractivity contribution in [3.05, 3.63) is 36.5 Å². The number of unbranched alkanes of at least 4 members (excludes halogenated alkanes) is 2. The second-order valence-corrected chi connectivity index (χ2v) is 5.56. The molecule has 0 amide bonds. The number of hydrogen-bond donors (Lipinski definition) is 1. The lowest BCUT2D eigenvalue weighted by Gasteiger charge is -2.14. The molecule has 1 aromatic heterocycles. The van der Waals surface area contributed by atoms with Gasteiger partial charge in [-0.05, 0) is 31.5 Å². The van der Waals surface area contributed by atoms with Crippen molar-refractivity contribution < 1.29 is 4.74 Å². The molecule has 1 unspecified atom stereocenters. The SMILES string of the molecule is CCCCCC(C)NCCOc1ccc2cccnc2c1. The lowest BCUT2D eigenvalue weighted by molar-refractivity contribution is 0.304. The van der Waals surface area contributed by atoms with Gasteiger partial charge in [-0.25, -0.2) is 0 Å². The molecule has 0 spiro atoms. The Morgan fingerprint density at radius 1 is 1.24 bits per heavy atom. The van der Waals surface area contributed by atoms with Gasteiger partial charge < -0.3 is 10.1 Å². The molecule has 1 N–H and O–H groups in total. The van der Waals surface area contributed by atoms with Gasteiger partial charge in [-0.15, -0.1) is 0 Å². The summed E-state index contributed by atoms with van der Waals surface area (Å²) in [7, 11) is 0. The van der Waals surface area contributed by atoms with Crippen LogP contribution in [0.5, 0.6) is 5.75 Å². The number of fused-ring (bicyclic) bond motifs is 1. The third-order valence-corrected chi connectivity index (χ3v) is 3.68. The number of hydrogen-bond acceptors (Lipinski definition) is 3. The Kier molecular flexibility index (Phi) is 6.48. The summed E-state index contributed by atoms with van der Waals surface area (Å²) in [5.74, 6) is 0.890. The van der Waals surface area contributed by atoms with Crippen LogP contribution >= 0.6 is 0 Å². The summed E-state index contributed by atoms with van der Waals surface area (Å²) in [6.45, 7) is 6.06. The highest BCUT2D eigenvalue weighted by Crippen LogP contribution is 2.18. The molecule has 0 aliphatic carbocycles. The Balaban J connectivity index is 1.70. The first-order valence-electron chi connectivity index (χ1n) is 8.00. The van der Waals surface area contributed by atoms with Crippen molar-refractivity contribution in [2.75, 3.05) is 13.2 Å². The van der Waals surface area contributed by atoms with Gasteiger partial charge in [0.2, 0.25) is 0 Å². The number of nitrogens with one attached hydrogen (secondary N) is 1. The van der Waals surface area contributed by atoms with Gasteiger partial charge >= 0.3 is 0 Å². The van der Waals surface area contributed by atoms with E-state index >= 15 is 0 Å². The van der Waals surface area contributed by atoms with Crippen LogP contribution in [-0.2, 0) is 0 Å². The normalized spacial score (nSPS) is 12.5. The molecule has 1 atom stereocenters. The maximum absolute atomic E-state index is 5.79. The zero-order chi connectivity index (χ0) is 14.9. The van der Waals surface area contributed by atoms with Crippen molar-refractivity contribution in [3.8, 4) is 5.75 Å². The van der Waals surface area contributed by atoms with Crippen molar-refractivity contribution in [1.29, 1.82) is 0 Å². The van der Waals surface area contributed by atoms with Crippen LogP contribution in [0.3, 0.4) is 0 Å². The average Bonchev–Trinajstić information content (AvgIpc) is 2.52. The quantitative estimate of drug-likeness (QED) is 0.702. The van der Waals surface area contributed by atoms with Crippen LogP contribution in [0.2, 0.25) is 0 Å². The van der Waals surface area contributed by atoms with E-state index in [9.17, 15) is 0 Å². The van der Waals surface area contributed by atoms with Crippen LogP contribution in [0, 0.1) is 0 Å². The minimum atomic E-state index is 0.568. The van der Waals surface area contributed by atoms with E-state index in [1.807, 2.05) is 24.4 Å². The minimum absolute atomic E-state index is 0.568. The molecule has 0 radical (unpaired) electrons. The number of nitrogens with zero attached hydrogens (tertiary/aromatic N) is 1. The molecule has 114 valence electrons. The summed E-state index contributed by atoms with van der Waals surface area (Å²) < 4.78 is 5.79. The standard InChI is InChI=1S/C18H26N2O/c1-3-4-5-7-15(2)19-12-13-21-17-10-9-16-8-6-11-20-18(16)14-17/h6,8-11,14-15,19H,3-5,7,12-13H2,1-2H3. The first-order valence-corrected chi connectivity index (χ1v) is 8.00. The lowest BCUT2D eigenvalue weighted by Crippen LogP contribution is -2.30. The van der Waals surface area contributed by atoms with E-state index in [-0.39, 0.29) is 0 Å². The monoisotopic (exact) mass is 286 g/mol. The molecule has 1 aromatic carbocycles. The van der Waals surface area contributed by atoms with Crippen molar-refractivity contribution in [3.63, 3.8) is 0 Å². The summed E-state index contributed by atoms with van der Waals surface area (Å²) >= 11 is 0. The van der Waals surface area contributed by atoms with E-state index in [0.717, 1.165) is 23.2 Å². The van der Waals surface area contributed by atoms with E-state index in [2.05, 4.69) is 36.3 Å². The average molecular weight is 286 g/mol. The maximum Gasteiger partial charge on any atom is 0.121 e. The van der Waals surface area contributed by atoms with Crippen molar-refractivity contribution in [2.45, 2.75) is 45.6 Å². The Labute approximate surface area is 127 Å². The van der Waals surface area contributed by atoms with Crippen molar-refractivity contribution >= 4 is 10.9 Å². The molecule has 21 heavy (non-hydrogen) atoms. The zero-order valence-electron chi connectivity index (χ0n) is 13.1. The molecule has 0 saturated carbocycles. The molecule has 3 nitrogen and oxygen atoms in total. The van der Waals surface area contributed by atoms with Crippen LogP contribution in [0.1, 0.15) is 39.5 Å². The molecule has 0 fully saturated rings. The maximum atomic E-state index is 5.79. The molecule has 0 aliphatic heterocycles. The molecular formula is C18H26N2O. The first kappa shape index (κ1) is 15.8. The largest absolute Gasteiger partial charge is 0.492 e. The number of aromatic nitrogens is 1. The Morgan fingerprint density at radius 3 is 3.00 bits per heavy atom. The van der Waals surface area contributed by atoms with Crippen LogP contribution < -0.4 is 10.1 Å². The van der Waals surface area contributed by atoms with E-state index in [1.165, 1.54) is 25.7 Å². The molecule has 3 heteroatoms. The van der Waals surface area contributed by atoms with Gasteiger partial charge in [0.25, 0.3) is 0 Å². The second kappa shape index (κ2) is 8.63. The van der Waals surface area contributed by atoms with E-state index < -0.39 is 0 Å². The van der Waals surface area contributed by atoms with Gasteiger partial charge in [0.1, 0.15) is 12.4 Å². The van der Waals surface area contributed by atoms with E-state index in [0.29, 0.717) is 12.6 Å². The molecule has 0 aliphatic rings. The lowest BCUT2D eigenvalue weighted by atomic mass is 10.1. The van der Waals surface area contributed by atoms with Gasteiger partial charge in [-0.1, -0.05) is 32.3 Å². The van der Waals surface area contributed by atoms with Crippen LogP contribution in [-0.4, -0.2) is 24.2 Å². The molecule has 2 rings (SSSR count). The number of rotatable bonds is 9. The number of benzene rings is 1. The summed E-state index contributed by atoms with van der Waals surface area (Å²) in [5.41, 5.74) is 0.982. The number of pyridine rings is 1. The molecular weight excluding hydrogens is 260 g/mol. The fourth-order valence-electron chi connectivity index (χ4n) is 2.41. The molecule has 0 saturated heterocycles. The summed E-state index contributed by atoms with van der Waals surface area (Å²) in [6, 6.07) is 10.6. The Hall–Kier alpha value is -1.61. The van der Waals surface area contributed by atoms with Gasteiger partial charge in [0, 0.05) is 30.2 Å². The minimum Gasteiger partial charge on any atom is -0.492 e. The zero-order valence-corrected chi connectivity index (χ0v) is 13.1. The van der Waals surface area contributed by atoms with Crippen molar-refractivity contribution in [1.82, 2.24) is 10.3 Å². The molecule has 2 aromatic rings. The first-order chi connectivity index (χ1) is 10.3. The summed E-state index contributed by atoms with van der Waals surface area (Å²) in [6.07, 6.45) is 6.97. The molecule has 0 bridgehead atoms. The van der Waals surface area contributed by atoms with Crippen LogP contribution in [0.25, 0.3) is 10.9 Å². The fourth-order valence-corrected chi connectivity index (χ4v) is 2.41. The van der Waals surface area contributed by atoms with Crippen LogP contribution in [0.15, 0.2) is 36.5 Å². The third-order valence-electron chi connectivity index (χ3n) is 3.68. The number of ether oxygens (including phenoxy) is 1. The Bertz CT molecular complexity index is 541. The summed E-state index contributed by atoms with van der Waals surface area (Å²) in [4.78, 5) is 4.34. The predicted molar refractivity (Wildman–Crippen MR) is 88.8 cm³/mol. The van der Waals surface area contributed by atoms with Gasteiger partial charge in [0.15, 0.2) is 0 Å². The van der Waals surface area contributed by atoms with E-state index in [1.54, 1.807) is 0 Å². The highest BCUT2D eigenvalue weighted by molar-refractivity contribution is 5.79. The van der Waals surface area contributed by atoms with Gasteiger partial charge in [-0.3, -0.25) is 4.98 Å². The predicted octanol–water partition coefficient (Wildman–Crippen LogP) is 4.17. The van der Waals surface area contributed by atoms with E-state index in [4.69, 9.17) is 4.74 Å². The van der Waals surface area contributed by atoms with Crippen LogP contribution in [0.4, 0.5) is 0 Å². The fraction of sp³-hybridized carbons (Fsp3) is 0.500. The highest BCUT2D eigenvalue weighted by atomic mass is 16.5. The summed E-state index contributed by atoms with van der Waals surface area (Å²) in [5, 5.41) is 4.65. The van der Waals surface area contributed by atoms with Crippen molar-refractivity contribution in [2.24, 2.45) is 0 Å². The Morgan fingerprint density at radius 2 is 2.14 bits per heavy atom. The topological polar surface area (TPSA) is 34.1 Å². The second-order valence-electron chi connectivity index (χ2n) is 5.56. The smallest absolute Gasteiger partial charge is 0.121 e. The highest BCUT2D eigenvalue weighted by Gasteiger charge is 2.01. The third kappa shape index (κ3) is 5.35. The van der Waals surface area contributed by atoms with Gasteiger partial charge in [-0.2, -0.15) is 0 Å².